The molecule has 2 aromatic rings. The van der Waals surface area contributed by atoms with Crippen LogP contribution in [0.15, 0.2) is 48.7 Å². The van der Waals surface area contributed by atoms with Gasteiger partial charge in [-0.1, -0.05) is 18.2 Å². The predicted octanol–water partition coefficient (Wildman–Crippen LogP) is 2.50. The van der Waals surface area contributed by atoms with Gasteiger partial charge in [0.05, 0.1) is 13.7 Å². The molecule has 2 heterocycles. The fourth-order valence-corrected chi connectivity index (χ4v) is 2.81. The minimum absolute atomic E-state index is 0.00207. The van der Waals surface area contributed by atoms with Gasteiger partial charge in [0.2, 0.25) is 5.88 Å². The van der Waals surface area contributed by atoms with Crippen LogP contribution in [0.4, 0.5) is 4.79 Å². The number of carbonyl (C=O) groups excluding carboxylic acids is 1. The minimum Gasteiger partial charge on any atom is -0.497 e. The number of aromatic nitrogens is 1. The van der Waals surface area contributed by atoms with E-state index in [2.05, 4.69) is 10.3 Å². The lowest BCUT2D eigenvalue weighted by Gasteiger charge is -2.17. The van der Waals surface area contributed by atoms with E-state index in [4.69, 9.17) is 9.47 Å². The molecule has 6 nitrogen and oxygen atoms in total. The van der Waals surface area contributed by atoms with Gasteiger partial charge in [-0.05, 0) is 30.2 Å². The lowest BCUT2D eigenvalue weighted by atomic mass is 10.1. The van der Waals surface area contributed by atoms with Crippen molar-refractivity contribution < 1.29 is 14.3 Å². The predicted molar refractivity (Wildman–Crippen MR) is 94.9 cm³/mol. The average molecular weight is 341 g/mol. The Labute approximate surface area is 147 Å². The number of hydrogen-bond donors (Lipinski definition) is 1. The quantitative estimate of drug-likeness (QED) is 0.877. The summed E-state index contributed by atoms with van der Waals surface area (Å²) in [6.07, 6.45) is 3.32. The van der Waals surface area contributed by atoms with Gasteiger partial charge in [-0.15, -0.1) is 0 Å². The van der Waals surface area contributed by atoms with E-state index < -0.39 is 0 Å². The number of methoxy groups -OCH3 is 1. The number of carbonyl (C=O) groups is 1. The first-order valence-electron chi connectivity index (χ1n) is 8.48. The summed E-state index contributed by atoms with van der Waals surface area (Å²) in [6.45, 7) is 1.89. The summed E-state index contributed by atoms with van der Waals surface area (Å²) in [5.41, 5.74) is 1.17. The monoisotopic (exact) mass is 341 g/mol. The van der Waals surface area contributed by atoms with Crippen LogP contribution in [0.1, 0.15) is 12.0 Å². The Bertz CT molecular complexity index is 676. The third-order valence-corrected chi connectivity index (χ3v) is 4.21. The molecule has 1 aliphatic rings. The Kier molecular flexibility index (Phi) is 5.72. The molecule has 1 aromatic carbocycles. The van der Waals surface area contributed by atoms with Gasteiger partial charge in [-0.25, -0.2) is 9.78 Å². The molecule has 25 heavy (non-hydrogen) atoms. The van der Waals surface area contributed by atoms with E-state index in [1.54, 1.807) is 18.2 Å². The summed E-state index contributed by atoms with van der Waals surface area (Å²) in [5, 5.41) is 2.97. The second-order valence-electron chi connectivity index (χ2n) is 5.97. The van der Waals surface area contributed by atoms with Crippen molar-refractivity contribution in [2.45, 2.75) is 18.9 Å². The molecule has 0 saturated carbocycles. The molecule has 0 spiro atoms. The molecule has 3 rings (SSSR count). The number of hydrogen-bond acceptors (Lipinski definition) is 4. The third kappa shape index (κ3) is 4.86. The Balaban J connectivity index is 1.40. The lowest BCUT2D eigenvalue weighted by Crippen LogP contribution is -2.40. The van der Waals surface area contributed by atoms with Crippen molar-refractivity contribution in [2.24, 2.45) is 0 Å². The summed E-state index contributed by atoms with van der Waals surface area (Å²) in [4.78, 5) is 18.2. The van der Waals surface area contributed by atoms with Crippen molar-refractivity contribution in [1.82, 2.24) is 15.2 Å². The third-order valence-electron chi connectivity index (χ3n) is 4.21. The van der Waals surface area contributed by atoms with Crippen LogP contribution < -0.4 is 14.8 Å². The molecule has 0 aliphatic carbocycles. The van der Waals surface area contributed by atoms with Crippen LogP contribution in [0.5, 0.6) is 11.6 Å². The highest BCUT2D eigenvalue weighted by Crippen LogP contribution is 2.16. The number of rotatable bonds is 6. The maximum atomic E-state index is 12.3. The van der Waals surface area contributed by atoms with E-state index in [1.807, 2.05) is 42.5 Å². The number of nitrogens with zero attached hydrogens (tertiary/aromatic N) is 2. The van der Waals surface area contributed by atoms with Gasteiger partial charge in [0.1, 0.15) is 11.9 Å². The van der Waals surface area contributed by atoms with Crippen LogP contribution in [0.3, 0.4) is 0 Å². The number of nitrogens with one attached hydrogen (secondary N) is 1. The molecule has 1 aromatic heterocycles. The standard InChI is InChI=1S/C19H23N3O3/c1-24-16-7-5-15(6-8-16)9-12-21-19(23)22-13-10-17(14-22)25-18-4-2-3-11-20-18/h2-8,11,17H,9-10,12-14H2,1H3,(H,21,23)/t17-/m1/s1. The van der Waals surface area contributed by atoms with Crippen LogP contribution >= 0.6 is 0 Å². The second kappa shape index (κ2) is 8.37. The summed E-state index contributed by atoms with van der Waals surface area (Å²) >= 11 is 0. The van der Waals surface area contributed by atoms with Gasteiger partial charge >= 0.3 is 6.03 Å². The smallest absolute Gasteiger partial charge is 0.317 e. The number of pyridine rings is 1. The molecular weight excluding hydrogens is 318 g/mol. The van der Waals surface area contributed by atoms with Crippen molar-refractivity contribution in [1.29, 1.82) is 0 Å². The summed E-state index contributed by atoms with van der Waals surface area (Å²) < 4.78 is 10.9. The molecule has 0 radical (unpaired) electrons. The molecule has 2 amide bonds. The van der Waals surface area contributed by atoms with Crippen molar-refractivity contribution in [3.63, 3.8) is 0 Å². The van der Waals surface area contributed by atoms with Crippen molar-refractivity contribution >= 4 is 6.03 Å². The van der Waals surface area contributed by atoms with Crippen molar-refractivity contribution in [3.8, 4) is 11.6 Å². The first-order valence-corrected chi connectivity index (χ1v) is 8.48. The number of likely N-dealkylation sites (tertiary alicyclic amines) is 1. The molecule has 6 heteroatoms. The molecule has 1 N–H and O–H groups in total. The van der Waals surface area contributed by atoms with Crippen LogP contribution in [-0.2, 0) is 6.42 Å². The van der Waals surface area contributed by atoms with E-state index in [0.717, 1.165) is 18.6 Å². The maximum Gasteiger partial charge on any atom is 0.317 e. The van der Waals surface area contributed by atoms with Gasteiger partial charge in [0, 0.05) is 31.8 Å². The SMILES string of the molecule is COc1ccc(CCNC(=O)N2CC[C@@H](Oc3ccccn3)C2)cc1. The molecule has 0 bridgehead atoms. The number of benzene rings is 1. The van der Waals surface area contributed by atoms with E-state index >= 15 is 0 Å². The van der Waals surface area contributed by atoms with Gasteiger partial charge in [-0.2, -0.15) is 0 Å². The van der Waals surface area contributed by atoms with Crippen LogP contribution in [0, 0.1) is 0 Å². The molecule has 1 saturated heterocycles. The highest BCUT2D eigenvalue weighted by molar-refractivity contribution is 5.74. The highest BCUT2D eigenvalue weighted by atomic mass is 16.5. The maximum absolute atomic E-state index is 12.3. The number of amides is 2. The van der Waals surface area contributed by atoms with Gasteiger partial charge in [0.25, 0.3) is 0 Å². The number of urea groups is 1. The molecular formula is C19H23N3O3. The second-order valence-corrected chi connectivity index (χ2v) is 5.97. The lowest BCUT2D eigenvalue weighted by molar-refractivity contribution is 0.183. The van der Waals surface area contributed by atoms with Gasteiger partial charge in [-0.3, -0.25) is 0 Å². The summed E-state index contributed by atoms with van der Waals surface area (Å²) in [7, 11) is 1.65. The Morgan fingerprint density at radius 3 is 2.84 bits per heavy atom. The normalized spacial score (nSPS) is 16.5. The summed E-state index contributed by atoms with van der Waals surface area (Å²) in [5.74, 6) is 1.44. The van der Waals surface area contributed by atoms with E-state index in [-0.39, 0.29) is 12.1 Å². The van der Waals surface area contributed by atoms with Crippen molar-refractivity contribution in [3.05, 3.63) is 54.2 Å². The fraction of sp³-hybridized carbons (Fsp3) is 0.368. The van der Waals surface area contributed by atoms with E-state index in [1.165, 1.54) is 5.56 Å². The molecule has 132 valence electrons. The Morgan fingerprint density at radius 2 is 2.12 bits per heavy atom. The van der Waals surface area contributed by atoms with Gasteiger partial charge < -0.3 is 19.7 Å². The van der Waals surface area contributed by atoms with Crippen LogP contribution in [-0.4, -0.2) is 48.8 Å². The van der Waals surface area contributed by atoms with Crippen LogP contribution in [0.2, 0.25) is 0 Å². The topological polar surface area (TPSA) is 63.7 Å². The Morgan fingerprint density at radius 1 is 1.28 bits per heavy atom. The zero-order chi connectivity index (χ0) is 17.5. The zero-order valence-corrected chi connectivity index (χ0v) is 14.4. The highest BCUT2D eigenvalue weighted by Gasteiger charge is 2.27. The van der Waals surface area contributed by atoms with Crippen LogP contribution in [0.25, 0.3) is 0 Å². The molecule has 1 fully saturated rings. The van der Waals surface area contributed by atoms with Crippen molar-refractivity contribution in [2.75, 3.05) is 26.7 Å². The first-order chi connectivity index (χ1) is 12.2. The van der Waals surface area contributed by atoms with Gasteiger partial charge in [0.15, 0.2) is 0 Å². The minimum atomic E-state index is -0.0411. The largest absolute Gasteiger partial charge is 0.497 e. The Hall–Kier alpha value is -2.76. The molecule has 1 aliphatic heterocycles. The first kappa shape index (κ1) is 17.1. The van der Waals surface area contributed by atoms with E-state index in [9.17, 15) is 4.79 Å². The molecule has 1 atom stereocenters. The molecule has 0 unspecified atom stereocenters. The number of ether oxygens (including phenoxy) is 2. The average Bonchev–Trinajstić information content (AvgIpc) is 3.12. The summed E-state index contributed by atoms with van der Waals surface area (Å²) in [6, 6.07) is 13.4. The van der Waals surface area contributed by atoms with E-state index in [0.29, 0.717) is 25.5 Å². The fourth-order valence-electron chi connectivity index (χ4n) is 2.81. The zero-order valence-electron chi connectivity index (χ0n) is 14.4.